The van der Waals surface area contributed by atoms with E-state index in [0.717, 1.165) is 33.0 Å². The first-order chi connectivity index (χ1) is 17.1. The van der Waals surface area contributed by atoms with Crippen molar-refractivity contribution in [2.45, 2.75) is 25.9 Å². The van der Waals surface area contributed by atoms with Crippen LogP contribution in [0.15, 0.2) is 90.3 Å². The first-order valence-corrected chi connectivity index (χ1v) is 12.7. The van der Waals surface area contributed by atoms with E-state index in [0.29, 0.717) is 13.1 Å². The molecule has 1 aliphatic heterocycles. The fraction of sp³-hybridized carbons (Fsp3) is 0.207. The third-order valence-electron chi connectivity index (χ3n) is 6.49. The van der Waals surface area contributed by atoms with Crippen LogP contribution in [0.1, 0.15) is 30.5 Å². The van der Waals surface area contributed by atoms with Gasteiger partial charge in [0.2, 0.25) is 11.8 Å². The molecule has 1 saturated heterocycles. The molecule has 0 radical (unpaired) electrons. The van der Waals surface area contributed by atoms with Gasteiger partial charge in [0.1, 0.15) is 5.01 Å². The molecule has 1 fully saturated rings. The van der Waals surface area contributed by atoms with Gasteiger partial charge >= 0.3 is 0 Å². The lowest BCUT2D eigenvalue weighted by Crippen LogP contribution is -2.33. The molecule has 6 heteroatoms. The molecule has 176 valence electrons. The minimum atomic E-state index is -0.329. The minimum absolute atomic E-state index is 0.0292. The molecular formula is C29H27N3O2S. The van der Waals surface area contributed by atoms with Crippen molar-refractivity contribution in [3.63, 3.8) is 0 Å². The quantitative estimate of drug-likeness (QED) is 0.368. The molecular weight excluding hydrogens is 454 g/mol. The largest absolute Gasteiger partial charge is 0.352 e. The zero-order chi connectivity index (χ0) is 24.2. The highest BCUT2D eigenvalue weighted by molar-refractivity contribution is 7.13. The van der Waals surface area contributed by atoms with Crippen molar-refractivity contribution >= 4 is 23.2 Å². The Labute approximate surface area is 209 Å². The second-order valence-electron chi connectivity index (χ2n) is 8.86. The topological polar surface area (TPSA) is 62.3 Å². The molecule has 1 aliphatic rings. The highest BCUT2D eigenvalue weighted by atomic mass is 32.1. The van der Waals surface area contributed by atoms with Crippen molar-refractivity contribution in [1.29, 1.82) is 0 Å². The maximum Gasteiger partial charge on any atom is 0.225 e. The molecule has 2 heterocycles. The highest BCUT2D eigenvalue weighted by Crippen LogP contribution is 2.30. The van der Waals surface area contributed by atoms with Crippen LogP contribution in [0.4, 0.5) is 0 Å². The molecule has 1 N–H and O–H groups in total. The molecule has 5 rings (SSSR count). The molecule has 0 bridgehead atoms. The maximum absolute atomic E-state index is 12.9. The van der Waals surface area contributed by atoms with E-state index in [2.05, 4.69) is 28.9 Å². The number of carbonyl (C=O) groups excluding carboxylic acids is 2. The van der Waals surface area contributed by atoms with Crippen LogP contribution < -0.4 is 5.32 Å². The fourth-order valence-electron chi connectivity index (χ4n) is 4.49. The van der Waals surface area contributed by atoms with Crippen molar-refractivity contribution in [3.8, 4) is 21.8 Å². The molecule has 2 amide bonds. The van der Waals surface area contributed by atoms with Crippen molar-refractivity contribution in [2.75, 3.05) is 6.54 Å². The summed E-state index contributed by atoms with van der Waals surface area (Å²) in [4.78, 5) is 32.1. The lowest BCUT2D eigenvalue weighted by Gasteiger charge is -2.25. The van der Waals surface area contributed by atoms with Crippen LogP contribution in [-0.4, -0.2) is 28.2 Å². The zero-order valence-electron chi connectivity index (χ0n) is 19.6. The molecule has 2 atom stereocenters. The highest BCUT2D eigenvalue weighted by Gasteiger charge is 2.36. The predicted octanol–water partition coefficient (Wildman–Crippen LogP) is 5.70. The zero-order valence-corrected chi connectivity index (χ0v) is 20.4. The van der Waals surface area contributed by atoms with Crippen LogP contribution in [0.2, 0.25) is 0 Å². The molecule has 35 heavy (non-hydrogen) atoms. The van der Waals surface area contributed by atoms with E-state index < -0.39 is 0 Å². The Morgan fingerprint density at radius 3 is 2.51 bits per heavy atom. The number of benzene rings is 3. The van der Waals surface area contributed by atoms with Gasteiger partial charge in [0, 0.05) is 36.0 Å². The SMILES string of the molecule is CC(c1ccccc1)N1CC(C(=O)NCc2cccc(-c3nc(-c4ccccc4)cs3)c2)CC1=O. The number of amides is 2. The number of thiazole rings is 1. The third kappa shape index (κ3) is 5.17. The summed E-state index contributed by atoms with van der Waals surface area (Å²) in [5.41, 5.74) is 5.18. The molecule has 0 saturated carbocycles. The summed E-state index contributed by atoms with van der Waals surface area (Å²) < 4.78 is 0. The Bertz CT molecular complexity index is 1320. The Kier molecular flexibility index (Phi) is 6.73. The lowest BCUT2D eigenvalue weighted by molar-refractivity contribution is -0.130. The molecule has 5 nitrogen and oxygen atoms in total. The number of nitrogens with zero attached hydrogens (tertiary/aromatic N) is 2. The summed E-state index contributed by atoms with van der Waals surface area (Å²) in [6, 6.07) is 28.1. The predicted molar refractivity (Wildman–Crippen MR) is 140 cm³/mol. The molecule has 3 aromatic carbocycles. The van der Waals surface area contributed by atoms with E-state index in [9.17, 15) is 9.59 Å². The van der Waals surface area contributed by atoms with Crippen LogP contribution in [0.5, 0.6) is 0 Å². The molecule has 0 aliphatic carbocycles. The standard InChI is InChI=1S/C29H27N3O2S/c1-20(22-10-4-2-5-11-22)32-18-25(16-27(32)33)28(34)30-17-21-9-8-14-24(15-21)29-31-26(19-35-29)23-12-6-3-7-13-23/h2-15,19-20,25H,16-18H2,1H3,(H,30,34). The number of rotatable bonds is 7. The summed E-state index contributed by atoms with van der Waals surface area (Å²) in [5, 5.41) is 6.05. The van der Waals surface area contributed by atoms with Gasteiger partial charge in [-0.25, -0.2) is 4.98 Å². The van der Waals surface area contributed by atoms with Crippen molar-refractivity contribution in [1.82, 2.24) is 15.2 Å². The molecule has 0 spiro atoms. The summed E-state index contributed by atoms with van der Waals surface area (Å²) in [7, 11) is 0. The van der Waals surface area contributed by atoms with Crippen LogP contribution in [0, 0.1) is 5.92 Å². The third-order valence-corrected chi connectivity index (χ3v) is 7.38. The Balaban J connectivity index is 1.21. The first kappa shape index (κ1) is 23.0. The number of aromatic nitrogens is 1. The van der Waals surface area contributed by atoms with Gasteiger partial charge < -0.3 is 10.2 Å². The van der Waals surface area contributed by atoms with Gasteiger partial charge in [-0.15, -0.1) is 11.3 Å². The summed E-state index contributed by atoms with van der Waals surface area (Å²) in [5.74, 6) is -0.377. The van der Waals surface area contributed by atoms with Gasteiger partial charge in [0.15, 0.2) is 0 Å². The molecule has 2 unspecified atom stereocenters. The average Bonchev–Trinajstić information content (AvgIpc) is 3.56. The second-order valence-corrected chi connectivity index (χ2v) is 9.71. The van der Waals surface area contributed by atoms with Gasteiger partial charge in [0.05, 0.1) is 17.7 Å². The van der Waals surface area contributed by atoms with Gasteiger partial charge in [-0.1, -0.05) is 78.9 Å². The smallest absolute Gasteiger partial charge is 0.225 e. The minimum Gasteiger partial charge on any atom is -0.352 e. The van der Waals surface area contributed by atoms with Crippen LogP contribution in [-0.2, 0) is 16.1 Å². The molecule has 4 aromatic rings. The normalized spacial score (nSPS) is 16.3. The van der Waals surface area contributed by atoms with Gasteiger partial charge in [-0.2, -0.15) is 0 Å². The van der Waals surface area contributed by atoms with Crippen molar-refractivity contribution < 1.29 is 9.59 Å². The van der Waals surface area contributed by atoms with E-state index in [4.69, 9.17) is 4.98 Å². The number of hydrogen-bond acceptors (Lipinski definition) is 4. The van der Waals surface area contributed by atoms with E-state index in [1.54, 1.807) is 11.3 Å². The van der Waals surface area contributed by atoms with Gasteiger partial charge in [-0.3, -0.25) is 9.59 Å². The summed E-state index contributed by atoms with van der Waals surface area (Å²) in [6.07, 6.45) is 0.254. The molecule has 1 aromatic heterocycles. The lowest BCUT2D eigenvalue weighted by atomic mass is 10.1. The summed E-state index contributed by atoms with van der Waals surface area (Å²) >= 11 is 1.61. The van der Waals surface area contributed by atoms with E-state index in [1.165, 1.54) is 0 Å². The number of hydrogen-bond donors (Lipinski definition) is 1. The first-order valence-electron chi connectivity index (χ1n) is 11.8. The fourth-order valence-corrected chi connectivity index (χ4v) is 5.31. The van der Waals surface area contributed by atoms with Crippen molar-refractivity contribution in [3.05, 3.63) is 101 Å². The van der Waals surface area contributed by atoms with Crippen LogP contribution in [0.25, 0.3) is 21.8 Å². The van der Waals surface area contributed by atoms with Crippen LogP contribution >= 0.6 is 11.3 Å². The van der Waals surface area contributed by atoms with Gasteiger partial charge in [0.25, 0.3) is 0 Å². The van der Waals surface area contributed by atoms with Gasteiger partial charge in [-0.05, 0) is 24.1 Å². The van der Waals surface area contributed by atoms with E-state index >= 15 is 0 Å². The summed E-state index contributed by atoms with van der Waals surface area (Å²) in [6.45, 7) is 2.88. The maximum atomic E-state index is 12.9. The number of likely N-dealkylation sites (tertiary alicyclic amines) is 1. The van der Waals surface area contributed by atoms with E-state index in [-0.39, 0.29) is 30.2 Å². The Morgan fingerprint density at radius 2 is 1.74 bits per heavy atom. The number of carbonyl (C=O) groups is 2. The Morgan fingerprint density at radius 1 is 1.03 bits per heavy atom. The Hall–Kier alpha value is -3.77. The van der Waals surface area contributed by atoms with Crippen LogP contribution in [0.3, 0.4) is 0 Å². The van der Waals surface area contributed by atoms with E-state index in [1.807, 2.05) is 78.6 Å². The number of nitrogens with one attached hydrogen (secondary N) is 1. The van der Waals surface area contributed by atoms with Crippen molar-refractivity contribution in [2.24, 2.45) is 5.92 Å². The average molecular weight is 482 g/mol. The monoisotopic (exact) mass is 481 g/mol. The second kappa shape index (κ2) is 10.2.